The minimum Gasteiger partial charge on any atom is -0.466 e. The third-order valence-corrected chi connectivity index (χ3v) is 6.08. The molecule has 0 radical (unpaired) electrons. The maximum Gasteiger partial charge on any atom is 0.333 e. The number of aryl methyl sites for hydroxylation is 1. The van der Waals surface area contributed by atoms with Crippen molar-refractivity contribution in [2.45, 2.75) is 32.8 Å². The molecular weight excluding hydrogens is 356 g/mol. The van der Waals surface area contributed by atoms with Gasteiger partial charge in [0.05, 0.1) is 20.3 Å². The van der Waals surface area contributed by atoms with Crippen LogP contribution in [0.15, 0.2) is 46.8 Å². The Balaban J connectivity index is 1.87. The Kier molecular flexibility index (Phi) is 8.04. The third-order valence-electron chi connectivity index (χ3n) is 3.73. The highest BCUT2D eigenvalue weighted by Gasteiger charge is 2.13. The summed E-state index contributed by atoms with van der Waals surface area (Å²) in [5.41, 5.74) is 1.77. The number of hydrogen-bond donors (Lipinski definition) is 0. The minimum atomic E-state index is -0.308. The number of methoxy groups -OCH3 is 1. The van der Waals surface area contributed by atoms with Gasteiger partial charge in [-0.2, -0.15) is 0 Å². The molecule has 0 aliphatic carbocycles. The molecule has 6 heteroatoms. The van der Waals surface area contributed by atoms with Gasteiger partial charge in [-0.1, -0.05) is 59.1 Å². The highest BCUT2D eigenvalue weighted by atomic mass is 32.2. The van der Waals surface area contributed by atoms with Gasteiger partial charge >= 0.3 is 5.97 Å². The van der Waals surface area contributed by atoms with Crippen molar-refractivity contribution in [3.05, 3.63) is 66.1 Å². The molecule has 2 aromatic rings. The van der Waals surface area contributed by atoms with E-state index in [-0.39, 0.29) is 10.0 Å². The van der Waals surface area contributed by atoms with Crippen LogP contribution in [0.5, 0.6) is 0 Å². The molecule has 0 amide bonds. The third kappa shape index (κ3) is 6.23. The molecule has 1 aromatic carbocycles. The summed E-state index contributed by atoms with van der Waals surface area (Å²) in [5, 5.41) is 0. The molecule has 0 N–H and O–H groups in total. The van der Waals surface area contributed by atoms with Gasteiger partial charge in [0.25, 0.3) is 4.06 Å². The maximum atomic E-state index is 11.8. The lowest BCUT2D eigenvalue weighted by Crippen LogP contribution is -2.06. The zero-order valence-corrected chi connectivity index (χ0v) is 16.1. The van der Waals surface area contributed by atoms with E-state index in [1.165, 1.54) is 29.8 Å². The molecule has 4 nitrogen and oxygen atoms in total. The lowest BCUT2D eigenvalue weighted by Gasteiger charge is -2.06. The molecule has 0 spiro atoms. The second kappa shape index (κ2) is 10.3. The largest absolute Gasteiger partial charge is 0.466 e. The van der Waals surface area contributed by atoms with Gasteiger partial charge in [0.15, 0.2) is 0 Å². The van der Waals surface area contributed by atoms with Crippen molar-refractivity contribution in [1.82, 2.24) is 0 Å². The van der Waals surface area contributed by atoms with Gasteiger partial charge in [-0.3, -0.25) is 4.79 Å². The average molecular weight is 379 g/mol. The van der Waals surface area contributed by atoms with Crippen LogP contribution in [0.3, 0.4) is 0 Å². The number of ether oxygens (including phenoxy) is 2. The summed E-state index contributed by atoms with van der Waals surface area (Å²) in [5.74, 6) is -0.308. The first-order valence-electron chi connectivity index (χ1n) is 8.11. The molecule has 1 aromatic heterocycles. The first kappa shape index (κ1) is 19.6. The Morgan fingerprint density at radius 2 is 1.80 bits per heavy atom. The lowest BCUT2D eigenvalue weighted by atomic mass is 10.1. The van der Waals surface area contributed by atoms with Crippen molar-refractivity contribution in [3.63, 3.8) is 0 Å². The molecule has 0 aliphatic rings. The van der Waals surface area contributed by atoms with Crippen LogP contribution in [0.1, 0.15) is 28.7 Å². The standard InChI is InChI=1S/C19H22O4S2/c1-3-15(18(20)22-2)9-10-16-17(25-19(21)24-16)11-12-23-13-14-7-5-4-6-8-14/h3-8H,9-13H2,1-2H3/b15-3-. The van der Waals surface area contributed by atoms with Crippen molar-refractivity contribution in [1.29, 1.82) is 0 Å². The number of carbonyl (C=O) groups is 1. The van der Waals surface area contributed by atoms with E-state index in [0.29, 0.717) is 31.6 Å². The average Bonchev–Trinajstić information content (AvgIpc) is 2.99. The molecule has 2 rings (SSSR count). The second-order valence-corrected chi connectivity index (χ2v) is 7.79. The Hall–Kier alpha value is -1.76. The molecule has 0 unspecified atom stereocenters. The Morgan fingerprint density at radius 1 is 1.12 bits per heavy atom. The summed E-state index contributed by atoms with van der Waals surface area (Å²) in [7, 11) is 1.38. The van der Waals surface area contributed by atoms with E-state index < -0.39 is 0 Å². The van der Waals surface area contributed by atoms with Gasteiger partial charge in [-0.05, 0) is 25.3 Å². The van der Waals surface area contributed by atoms with E-state index in [2.05, 4.69) is 0 Å². The molecule has 0 fully saturated rings. The first-order chi connectivity index (χ1) is 12.1. The fourth-order valence-corrected chi connectivity index (χ4v) is 4.63. The summed E-state index contributed by atoms with van der Waals surface area (Å²) in [6.45, 7) is 2.96. The first-order valence-corrected chi connectivity index (χ1v) is 9.74. The van der Waals surface area contributed by atoms with Gasteiger partial charge in [0, 0.05) is 21.7 Å². The van der Waals surface area contributed by atoms with Crippen molar-refractivity contribution in [2.24, 2.45) is 0 Å². The highest BCUT2D eigenvalue weighted by Crippen LogP contribution is 2.22. The minimum absolute atomic E-state index is 0.0909. The molecule has 25 heavy (non-hydrogen) atoms. The quantitative estimate of drug-likeness (QED) is 0.376. The summed E-state index contributed by atoms with van der Waals surface area (Å²) in [6, 6.07) is 10.0. The fraction of sp³-hybridized carbons (Fsp3) is 0.368. The van der Waals surface area contributed by atoms with E-state index in [4.69, 9.17) is 9.47 Å². The molecule has 0 saturated heterocycles. The maximum absolute atomic E-state index is 11.8. The predicted octanol–water partition coefficient (Wildman–Crippen LogP) is 3.98. The van der Waals surface area contributed by atoms with E-state index in [1.807, 2.05) is 37.3 Å². The second-order valence-electron chi connectivity index (χ2n) is 5.39. The van der Waals surface area contributed by atoms with Crippen LogP contribution >= 0.6 is 22.7 Å². The Morgan fingerprint density at radius 3 is 2.44 bits per heavy atom. The van der Waals surface area contributed by atoms with Crippen LogP contribution < -0.4 is 4.06 Å². The van der Waals surface area contributed by atoms with E-state index >= 15 is 0 Å². The molecule has 0 bridgehead atoms. The topological polar surface area (TPSA) is 52.6 Å². The Bertz CT molecular complexity index is 759. The highest BCUT2D eigenvalue weighted by molar-refractivity contribution is 7.27. The fourth-order valence-electron chi connectivity index (χ4n) is 2.39. The molecular formula is C19H22O4S2. The van der Waals surface area contributed by atoms with Crippen LogP contribution in [-0.2, 0) is 33.7 Å². The van der Waals surface area contributed by atoms with Gasteiger partial charge in [-0.15, -0.1) is 0 Å². The molecule has 0 atom stereocenters. The van der Waals surface area contributed by atoms with Crippen LogP contribution in [0.4, 0.5) is 0 Å². The van der Waals surface area contributed by atoms with E-state index in [0.717, 1.165) is 21.7 Å². The Labute approximate surface area is 155 Å². The predicted molar refractivity (Wildman–Crippen MR) is 102 cm³/mol. The smallest absolute Gasteiger partial charge is 0.333 e. The van der Waals surface area contributed by atoms with Gasteiger partial charge in [0.1, 0.15) is 0 Å². The normalized spacial score (nSPS) is 11.5. The van der Waals surface area contributed by atoms with Crippen LogP contribution in [0.25, 0.3) is 0 Å². The van der Waals surface area contributed by atoms with Gasteiger partial charge in [0.2, 0.25) is 0 Å². The molecule has 0 saturated carbocycles. The molecule has 0 aliphatic heterocycles. The van der Waals surface area contributed by atoms with Crippen molar-refractivity contribution in [3.8, 4) is 0 Å². The SMILES string of the molecule is C/C=C(/CCc1sc(=O)sc1CCOCc1ccccc1)C(=O)OC. The van der Waals surface area contributed by atoms with Crippen LogP contribution in [0, 0.1) is 0 Å². The molecule has 134 valence electrons. The zero-order chi connectivity index (χ0) is 18.1. The van der Waals surface area contributed by atoms with Gasteiger partial charge < -0.3 is 9.47 Å². The van der Waals surface area contributed by atoms with Crippen molar-refractivity contribution >= 4 is 28.6 Å². The summed E-state index contributed by atoms with van der Waals surface area (Å²) < 4.78 is 10.6. The van der Waals surface area contributed by atoms with Crippen molar-refractivity contribution < 1.29 is 14.3 Å². The van der Waals surface area contributed by atoms with Gasteiger partial charge in [-0.25, -0.2) is 4.79 Å². The summed E-state index contributed by atoms with van der Waals surface area (Å²) in [4.78, 5) is 25.5. The summed E-state index contributed by atoms with van der Waals surface area (Å²) in [6.07, 6.45) is 3.73. The number of allylic oxidation sites excluding steroid dienone is 1. The molecule has 1 heterocycles. The number of esters is 1. The van der Waals surface area contributed by atoms with Crippen LogP contribution in [-0.4, -0.2) is 19.7 Å². The summed E-state index contributed by atoms with van der Waals surface area (Å²) >= 11 is 2.55. The number of hydrogen-bond acceptors (Lipinski definition) is 6. The van der Waals surface area contributed by atoms with Crippen molar-refractivity contribution in [2.75, 3.05) is 13.7 Å². The number of benzene rings is 1. The zero-order valence-electron chi connectivity index (χ0n) is 14.4. The monoisotopic (exact) mass is 378 g/mol. The van der Waals surface area contributed by atoms with E-state index in [9.17, 15) is 9.59 Å². The van der Waals surface area contributed by atoms with E-state index in [1.54, 1.807) is 6.08 Å². The number of carbonyl (C=O) groups excluding carboxylic acids is 1. The lowest BCUT2D eigenvalue weighted by molar-refractivity contribution is -0.136. The van der Waals surface area contributed by atoms with Crippen LogP contribution in [0.2, 0.25) is 0 Å². The number of rotatable bonds is 9.